The summed E-state index contributed by atoms with van der Waals surface area (Å²) >= 11 is 0. The maximum atomic E-state index is 12.4. The van der Waals surface area contributed by atoms with Gasteiger partial charge in [0.15, 0.2) is 0 Å². The number of carbonyl (C=O) groups excluding carboxylic acids is 2. The number of rotatable bonds is 8. The Labute approximate surface area is 168 Å². The van der Waals surface area contributed by atoms with Crippen molar-refractivity contribution >= 4 is 11.8 Å². The Balaban J connectivity index is 1.34. The van der Waals surface area contributed by atoms with Gasteiger partial charge in [-0.2, -0.15) is 0 Å². The molecular weight excluding hydrogens is 354 g/mol. The van der Waals surface area contributed by atoms with Crippen molar-refractivity contribution in [3.63, 3.8) is 0 Å². The Morgan fingerprint density at radius 2 is 1.86 bits per heavy atom. The van der Waals surface area contributed by atoms with Gasteiger partial charge in [0, 0.05) is 31.5 Å². The van der Waals surface area contributed by atoms with Crippen LogP contribution in [0.15, 0.2) is 22.8 Å². The minimum atomic E-state index is 0.103. The van der Waals surface area contributed by atoms with Gasteiger partial charge < -0.3 is 19.5 Å². The van der Waals surface area contributed by atoms with E-state index in [1.807, 2.05) is 12.1 Å². The second-order valence-electron chi connectivity index (χ2n) is 8.18. The standard InChI is InChI=1S/C22H35N3O3/c1-2-3-4-7-21(26)25-14-10-19(11-15-25)24-12-8-18(9-13-24)22(27)23-17-20-6-5-16-28-20/h5-6,16,18-19H,2-4,7-15,17H2,1H3,(H,23,27). The average Bonchev–Trinajstić information content (AvgIpc) is 3.26. The van der Waals surface area contributed by atoms with Crippen LogP contribution in [0.1, 0.15) is 64.1 Å². The lowest BCUT2D eigenvalue weighted by Crippen LogP contribution is -2.50. The third kappa shape index (κ3) is 5.84. The van der Waals surface area contributed by atoms with Crippen LogP contribution in [0.5, 0.6) is 0 Å². The minimum Gasteiger partial charge on any atom is -0.467 e. The van der Waals surface area contributed by atoms with Gasteiger partial charge in [-0.3, -0.25) is 9.59 Å². The number of piperidine rings is 2. The van der Waals surface area contributed by atoms with Crippen molar-refractivity contribution < 1.29 is 14.0 Å². The van der Waals surface area contributed by atoms with Crippen LogP contribution in [0.3, 0.4) is 0 Å². The monoisotopic (exact) mass is 389 g/mol. The molecule has 3 heterocycles. The average molecular weight is 390 g/mol. The summed E-state index contributed by atoms with van der Waals surface area (Å²) in [7, 11) is 0. The predicted molar refractivity (Wildman–Crippen MR) is 109 cm³/mol. The van der Waals surface area contributed by atoms with Gasteiger partial charge in [-0.05, 0) is 57.3 Å². The highest BCUT2D eigenvalue weighted by atomic mass is 16.3. The molecule has 0 unspecified atom stereocenters. The van der Waals surface area contributed by atoms with Crippen LogP contribution in [-0.4, -0.2) is 53.8 Å². The fourth-order valence-electron chi connectivity index (χ4n) is 4.42. The van der Waals surface area contributed by atoms with E-state index in [-0.39, 0.29) is 11.8 Å². The Morgan fingerprint density at radius 3 is 2.50 bits per heavy atom. The largest absolute Gasteiger partial charge is 0.467 e. The fraction of sp³-hybridized carbons (Fsp3) is 0.727. The molecule has 0 spiro atoms. The third-order valence-corrected chi connectivity index (χ3v) is 6.25. The molecule has 0 aliphatic carbocycles. The van der Waals surface area contributed by atoms with Gasteiger partial charge in [-0.15, -0.1) is 0 Å². The molecule has 0 aromatic carbocycles. The van der Waals surface area contributed by atoms with E-state index in [1.54, 1.807) is 6.26 Å². The molecule has 6 nitrogen and oxygen atoms in total. The van der Waals surface area contributed by atoms with Gasteiger partial charge in [0.2, 0.25) is 11.8 Å². The molecule has 0 bridgehead atoms. The van der Waals surface area contributed by atoms with Crippen molar-refractivity contribution in [3.8, 4) is 0 Å². The van der Waals surface area contributed by atoms with E-state index in [4.69, 9.17) is 4.42 Å². The van der Waals surface area contributed by atoms with Crippen LogP contribution in [0.2, 0.25) is 0 Å². The lowest BCUT2D eigenvalue weighted by molar-refractivity contribution is -0.133. The molecule has 2 saturated heterocycles. The van der Waals surface area contributed by atoms with Gasteiger partial charge in [0.25, 0.3) is 0 Å². The van der Waals surface area contributed by atoms with Crippen molar-refractivity contribution in [2.24, 2.45) is 5.92 Å². The fourth-order valence-corrected chi connectivity index (χ4v) is 4.42. The van der Waals surface area contributed by atoms with Crippen LogP contribution in [0.4, 0.5) is 0 Å². The van der Waals surface area contributed by atoms with E-state index in [0.717, 1.165) is 76.9 Å². The van der Waals surface area contributed by atoms with Crippen molar-refractivity contribution in [2.45, 2.75) is 70.9 Å². The summed E-state index contributed by atoms with van der Waals surface area (Å²) in [5.41, 5.74) is 0. The summed E-state index contributed by atoms with van der Waals surface area (Å²) in [6, 6.07) is 4.28. The summed E-state index contributed by atoms with van der Waals surface area (Å²) in [4.78, 5) is 29.3. The molecule has 156 valence electrons. The molecule has 1 aromatic rings. The van der Waals surface area contributed by atoms with Gasteiger partial charge in [-0.25, -0.2) is 0 Å². The molecule has 2 aliphatic rings. The highest BCUT2D eigenvalue weighted by Crippen LogP contribution is 2.24. The summed E-state index contributed by atoms with van der Waals surface area (Å²) < 4.78 is 5.27. The number of nitrogens with one attached hydrogen (secondary N) is 1. The van der Waals surface area contributed by atoms with Crippen LogP contribution < -0.4 is 5.32 Å². The lowest BCUT2D eigenvalue weighted by atomic mass is 9.92. The van der Waals surface area contributed by atoms with Gasteiger partial charge in [-0.1, -0.05) is 19.8 Å². The topological polar surface area (TPSA) is 65.8 Å². The molecule has 0 atom stereocenters. The molecule has 1 aromatic heterocycles. The van der Waals surface area contributed by atoms with E-state index in [1.165, 1.54) is 0 Å². The molecule has 2 aliphatic heterocycles. The summed E-state index contributed by atoms with van der Waals surface area (Å²) in [6.07, 6.45) is 9.62. The van der Waals surface area contributed by atoms with Gasteiger partial charge >= 0.3 is 0 Å². The number of hydrogen-bond donors (Lipinski definition) is 1. The zero-order valence-corrected chi connectivity index (χ0v) is 17.2. The van der Waals surface area contributed by atoms with E-state index >= 15 is 0 Å². The normalized spacial score (nSPS) is 19.7. The summed E-state index contributed by atoms with van der Waals surface area (Å²) in [6.45, 7) is 6.37. The van der Waals surface area contributed by atoms with Crippen molar-refractivity contribution in [1.29, 1.82) is 0 Å². The SMILES string of the molecule is CCCCCC(=O)N1CCC(N2CCC(C(=O)NCc3ccco3)CC2)CC1. The zero-order chi connectivity index (χ0) is 19.8. The first-order chi connectivity index (χ1) is 13.7. The number of furan rings is 1. The number of amides is 2. The van der Waals surface area contributed by atoms with Crippen LogP contribution in [0, 0.1) is 5.92 Å². The molecule has 0 saturated carbocycles. The number of nitrogens with zero attached hydrogens (tertiary/aromatic N) is 2. The quantitative estimate of drug-likeness (QED) is 0.694. The highest BCUT2D eigenvalue weighted by molar-refractivity contribution is 5.78. The summed E-state index contributed by atoms with van der Waals surface area (Å²) in [5.74, 6) is 1.37. The number of unbranched alkanes of at least 4 members (excludes halogenated alkanes) is 2. The Kier molecular flexibility index (Phi) is 7.95. The molecule has 3 rings (SSSR count). The first kappa shape index (κ1) is 20.9. The van der Waals surface area contributed by atoms with E-state index in [0.29, 0.717) is 24.9 Å². The molecule has 2 amide bonds. The molecular formula is C22H35N3O3. The Hall–Kier alpha value is -1.82. The number of carbonyl (C=O) groups is 2. The van der Waals surface area contributed by atoms with E-state index in [9.17, 15) is 9.59 Å². The van der Waals surface area contributed by atoms with Crippen LogP contribution in [-0.2, 0) is 16.1 Å². The first-order valence-corrected chi connectivity index (χ1v) is 11.0. The summed E-state index contributed by atoms with van der Waals surface area (Å²) in [5, 5.41) is 2.99. The number of hydrogen-bond acceptors (Lipinski definition) is 4. The van der Waals surface area contributed by atoms with E-state index in [2.05, 4.69) is 22.0 Å². The van der Waals surface area contributed by atoms with Crippen molar-refractivity contribution in [3.05, 3.63) is 24.2 Å². The van der Waals surface area contributed by atoms with Crippen LogP contribution >= 0.6 is 0 Å². The Bertz CT molecular complexity index is 601. The molecule has 1 N–H and O–H groups in total. The van der Waals surface area contributed by atoms with Gasteiger partial charge in [0.1, 0.15) is 5.76 Å². The maximum absolute atomic E-state index is 12.4. The first-order valence-electron chi connectivity index (χ1n) is 11.0. The molecule has 0 radical (unpaired) electrons. The zero-order valence-electron chi connectivity index (χ0n) is 17.2. The molecule has 28 heavy (non-hydrogen) atoms. The highest BCUT2D eigenvalue weighted by Gasteiger charge is 2.31. The second-order valence-corrected chi connectivity index (χ2v) is 8.18. The van der Waals surface area contributed by atoms with Crippen LogP contribution in [0.25, 0.3) is 0 Å². The smallest absolute Gasteiger partial charge is 0.223 e. The lowest BCUT2D eigenvalue weighted by Gasteiger charge is -2.41. The maximum Gasteiger partial charge on any atom is 0.223 e. The van der Waals surface area contributed by atoms with E-state index < -0.39 is 0 Å². The van der Waals surface area contributed by atoms with Crippen molar-refractivity contribution in [1.82, 2.24) is 15.1 Å². The van der Waals surface area contributed by atoms with Gasteiger partial charge in [0.05, 0.1) is 12.8 Å². The molecule has 2 fully saturated rings. The second kappa shape index (κ2) is 10.6. The molecule has 6 heteroatoms. The predicted octanol–water partition coefficient (Wildman–Crippen LogP) is 3.18. The number of likely N-dealkylation sites (tertiary alicyclic amines) is 2. The Morgan fingerprint density at radius 1 is 1.11 bits per heavy atom. The minimum absolute atomic E-state index is 0.103. The third-order valence-electron chi connectivity index (χ3n) is 6.25. The van der Waals surface area contributed by atoms with Crippen molar-refractivity contribution in [2.75, 3.05) is 26.2 Å².